The van der Waals surface area contributed by atoms with Gasteiger partial charge in [0.1, 0.15) is 5.75 Å². The summed E-state index contributed by atoms with van der Waals surface area (Å²) >= 11 is 0. The summed E-state index contributed by atoms with van der Waals surface area (Å²) in [5.74, 6) is -0.769. The maximum atomic E-state index is 11.9. The zero-order valence-electron chi connectivity index (χ0n) is 10.3. The standard InChI is InChI=1S/C12H15F3N2O2/c1-2-8-3-4-10(18)9(5-8)17-11(19)6-16-7-12(13,14)15/h3-5,16,18H,2,6-7H2,1H3,(H,17,19). The van der Waals surface area contributed by atoms with Crippen LogP contribution in [-0.4, -0.2) is 30.3 Å². The number of hydrogen-bond acceptors (Lipinski definition) is 3. The third kappa shape index (κ3) is 5.60. The van der Waals surface area contributed by atoms with Crippen molar-refractivity contribution in [2.75, 3.05) is 18.4 Å². The quantitative estimate of drug-likeness (QED) is 0.721. The van der Waals surface area contributed by atoms with Crippen LogP contribution in [0.2, 0.25) is 0 Å². The Morgan fingerprint density at radius 3 is 2.63 bits per heavy atom. The molecule has 1 aromatic rings. The third-order valence-electron chi connectivity index (χ3n) is 2.35. The van der Waals surface area contributed by atoms with E-state index in [0.29, 0.717) is 0 Å². The van der Waals surface area contributed by atoms with Crippen molar-refractivity contribution in [2.24, 2.45) is 0 Å². The molecule has 0 saturated carbocycles. The van der Waals surface area contributed by atoms with Gasteiger partial charge in [0, 0.05) is 0 Å². The lowest BCUT2D eigenvalue weighted by Gasteiger charge is -2.10. The minimum atomic E-state index is -4.36. The predicted molar refractivity (Wildman–Crippen MR) is 65.0 cm³/mol. The van der Waals surface area contributed by atoms with Gasteiger partial charge in [-0.05, 0) is 24.1 Å². The van der Waals surface area contributed by atoms with Gasteiger partial charge in [0.25, 0.3) is 0 Å². The zero-order chi connectivity index (χ0) is 14.5. The molecule has 0 spiro atoms. The molecule has 1 rings (SSSR count). The monoisotopic (exact) mass is 276 g/mol. The number of alkyl halides is 3. The Labute approximate surface area is 108 Å². The summed E-state index contributed by atoms with van der Waals surface area (Å²) in [5, 5.41) is 13.8. The van der Waals surface area contributed by atoms with Crippen molar-refractivity contribution in [1.82, 2.24) is 5.32 Å². The van der Waals surface area contributed by atoms with Gasteiger partial charge in [-0.15, -0.1) is 0 Å². The topological polar surface area (TPSA) is 61.4 Å². The second-order valence-electron chi connectivity index (χ2n) is 3.97. The van der Waals surface area contributed by atoms with Crippen molar-refractivity contribution < 1.29 is 23.1 Å². The molecule has 0 unspecified atom stereocenters. The number of aromatic hydroxyl groups is 1. The molecule has 19 heavy (non-hydrogen) atoms. The van der Waals surface area contributed by atoms with Crippen LogP contribution in [0.4, 0.5) is 18.9 Å². The van der Waals surface area contributed by atoms with E-state index in [1.807, 2.05) is 12.2 Å². The highest BCUT2D eigenvalue weighted by Gasteiger charge is 2.26. The molecule has 0 aliphatic heterocycles. The number of nitrogens with one attached hydrogen (secondary N) is 2. The molecule has 1 aromatic carbocycles. The van der Waals surface area contributed by atoms with Crippen LogP contribution >= 0.6 is 0 Å². The van der Waals surface area contributed by atoms with E-state index in [-0.39, 0.29) is 11.4 Å². The summed E-state index contributed by atoms with van der Waals surface area (Å²) in [6, 6.07) is 4.71. The number of halogens is 3. The largest absolute Gasteiger partial charge is 0.506 e. The Morgan fingerprint density at radius 2 is 2.05 bits per heavy atom. The Bertz CT molecular complexity index is 447. The van der Waals surface area contributed by atoms with Crippen LogP contribution in [-0.2, 0) is 11.2 Å². The van der Waals surface area contributed by atoms with Crippen LogP contribution in [0.25, 0.3) is 0 Å². The van der Waals surface area contributed by atoms with E-state index in [2.05, 4.69) is 5.32 Å². The van der Waals surface area contributed by atoms with Crippen LogP contribution < -0.4 is 10.6 Å². The number of aryl methyl sites for hydroxylation is 1. The highest BCUT2D eigenvalue weighted by Crippen LogP contribution is 2.24. The Morgan fingerprint density at radius 1 is 1.37 bits per heavy atom. The molecule has 106 valence electrons. The SMILES string of the molecule is CCc1ccc(O)c(NC(=O)CNCC(F)(F)F)c1. The van der Waals surface area contributed by atoms with Gasteiger partial charge in [-0.1, -0.05) is 13.0 Å². The average molecular weight is 276 g/mol. The van der Waals surface area contributed by atoms with Crippen molar-refractivity contribution >= 4 is 11.6 Å². The van der Waals surface area contributed by atoms with E-state index in [1.165, 1.54) is 6.07 Å². The molecule has 4 nitrogen and oxygen atoms in total. The van der Waals surface area contributed by atoms with E-state index in [0.717, 1.165) is 12.0 Å². The Kier molecular flexibility index (Phi) is 5.17. The van der Waals surface area contributed by atoms with E-state index in [9.17, 15) is 23.1 Å². The lowest BCUT2D eigenvalue weighted by Crippen LogP contribution is -2.35. The second kappa shape index (κ2) is 6.42. The van der Waals surface area contributed by atoms with Crippen LogP contribution in [0, 0.1) is 0 Å². The van der Waals surface area contributed by atoms with Gasteiger partial charge in [-0.25, -0.2) is 0 Å². The summed E-state index contributed by atoms with van der Waals surface area (Å²) in [6.45, 7) is 0.194. The van der Waals surface area contributed by atoms with Gasteiger partial charge in [0.15, 0.2) is 0 Å². The van der Waals surface area contributed by atoms with Crippen LogP contribution in [0.15, 0.2) is 18.2 Å². The highest BCUT2D eigenvalue weighted by molar-refractivity contribution is 5.93. The molecular formula is C12H15F3N2O2. The molecule has 0 aliphatic carbocycles. The number of rotatable bonds is 5. The number of phenols is 1. The molecule has 7 heteroatoms. The molecule has 0 atom stereocenters. The first kappa shape index (κ1) is 15.3. The van der Waals surface area contributed by atoms with Gasteiger partial charge in [-0.3, -0.25) is 4.79 Å². The fourth-order valence-corrected chi connectivity index (χ4v) is 1.42. The maximum Gasteiger partial charge on any atom is 0.401 e. The average Bonchev–Trinajstić information content (AvgIpc) is 2.30. The number of amides is 1. The molecule has 0 saturated heterocycles. The summed E-state index contributed by atoms with van der Waals surface area (Å²) in [4.78, 5) is 11.4. The molecule has 3 N–H and O–H groups in total. The zero-order valence-corrected chi connectivity index (χ0v) is 10.3. The van der Waals surface area contributed by atoms with Crippen molar-refractivity contribution in [3.63, 3.8) is 0 Å². The molecule has 0 radical (unpaired) electrons. The number of benzene rings is 1. The Balaban J connectivity index is 2.52. The molecule has 0 bridgehead atoms. The van der Waals surface area contributed by atoms with Crippen molar-refractivity contribution in [1.29, 1.82) is 0 Å². The second-order valence-corrected chi connectivity index (χ2v) is 3.97. The van der Waals surface area contributed by atoms with E-state index in [4.69, 9.17) is 0 Å². The summed E-state index contributed by atoms with van der Waals surface area (Å²) in [7, 11) is 0. The number of carbonyl (C=O) groups is 1. The van der Waals surface area contributed by atoms with Crippen LogP contribution in [0.3, 0.4) is 0 Å². The van der Waals surface area contributed by atoms with Crippen molar-refractivity contribution in [3.05, 3.63) is 23.8 Å². The van der Waals surface area contributed by atoms with E-state index >= 15 is 0 Å². The summed E-state index contributed by atoms with van der Waals surface area (Å²) in [6.07, 6.45) is -3.64. The first-order valence-electron chi connectivity index (χ1n) is 5.71. The molecule has 0 fully saturated rings. The van der Waals surface area contributed by atoms with Gasteiger partial charge in [0.05, 0.1) is 18.8 Å². The summed E-state index contributed by atoms with van der Waals surface area (Å²) in [5.41, 5.74) is 1.09. The minimum absolute atomic E-state index is 0.124. The first-order chi connectivity index (χ1) is 8.81. The maximum absolute atomic E-state index is 11.9. The van der Waals surface area contributed by atoms with Crippen LogP contribution in [0.5, 0.6) is 5.75 Å². The number of phenolic OH excluding ortho intramolecular Hbond substituents is 1. The lowest BCUT2D eigenvalue weighted by molar-refractivity contribution is -0.126. The van der Waals surface area contributed by atoms with E-state index in [1.54, 1.807) is 12.1 Å². The molecular weight excluding hydrogens is 261 g/mol. The molecule has 1 amide bonds. The number of anilines is 1. The first-order valence-corrected chi connectivity index (χ1v) is 5.71. The highest BCUT2D eigenvalue weighted by atomic mass is 19.4. The molecule has 0 aliphatic rings. The Hall–Kier alpha value is -1.76. The molecule has 0 heterocycles. The van der Waals surface area contributed by atoms with Gasteiger partial charge >= 0.3 is 6.18 Å². The number of hydrogen-bond donors (Lipinski definition) is 3. The van der Waals surface area contributed by atoms with Gasteiger partial charge in [-0.2, -0.15) is 13.2 Å². The third-order valence-corrected chi connectivity index (χ3v) is 2.35. The van der Waals surface area contributed by atoms with Crippen molar-refractivity contribution in [2.45, 2.75) is 19.5 Å². The smallest absolute Gasteiger partial charge is 0.401 e. The van der Waals surface area contributed by atoms with Crippen LogP contribution in [0.1, 0.15) is 12.5 Å². The predicted octanol–water partition coefficient (Wildman–Crippen LogP) is 2.04. The fourth-order valence-electron chi connectivity index (χ4n) is 1.42. The van der Waals surface area contributed by atoms with E-state index < -0.39 is 25.2 Å². The number of carbonyl (C=O) groups excluding carboxylic acids is 1. The van der Waals surface area contributed by atoms with Gasteiger partial charge in [0.2, 0.25) is 5.91 Å². The summed E-state index contributed by atoms with van der Waals surface area (Å²) < 4.78 is 35.6. The fraction of sp³-hybridized carbons (Fsp3) is 0.417. The molecule has 0 aromatic heterocycles. The van der Waals surface area contributed by atoms with Crippen molar-refractivity contribution in [3.8, 4) is 5.75 Å². The lowest BCUT2D eigenvalue weighted by atomic mass is 10.1. The van der Waals surface area contributed by atoms with Gasteiger partial charge < -0.3 is 15.7 Å². The normalized spacial score (nSPS) is 11.4. The minimum Gasteiger partial charge on any atom is -0.506 e.